The minimum Gasteiger partial charge on any atom is -0.396 e. The molecule has 87 heavy (non-hydrogen) atoms. The first kappa shape index (κ1) is 81.5. The van der Waals surface area contributed by atoms with Gasteiger partial charge in [-0.3, -0.25) is 14.1 Å². The Bertz CT molecular complexity index is 1700. The molecular formula is C68H131N2O16P. The van der Waals surface area contributed by atoms with Crippen LogP contribution in [0.1, 0.15) is 297 Å². The van der Waals surface area contributed by atoms with E-state index in [2.05, 4.69) is 50.5 Å². The van der Waals surface area contributed by atoms with Crippen molar-refractivity contribution >= 4 is 19.6 Å². The molecule has 2 heterocycles. The lowest BCUT2D eigenvalue weighted by Gasteiger charge is -2.46. The minimum atomic E-state index is -5.25. The van der Waals surface area contributed by atoms with Crippen molar-refractivity contribution in [3.63, 3.8) is 0 Å². The monoisotopic (exact) mass is 1260 g/mol. The molecule has 12 atom stereocenters. The van der Waals surface area contributed by atoms with Crippen LogP contribution in [0.3, 0.4) is 0 Å². The Labute approximate surface area is 528 Å². The summed E-state index contributed by atoms with van der Waals surface area (Å²) >= 11 is 0. The fourth-order valence-electron chi connectivity index (χ4n) is 12.0. The number of methoxy groups -OCH3 is 2. The van der Waals surface area contributed by atoms with Gasteiger partial charge < -0.3 is 68.9 Å². The average molecular weight is 1260 g/mol. The Hall–Kier alpha value is -1.61. The van der Waals surface area contributed by atoms with Crippen molar-refractivity contribution in [3.8, 4) is 0 Å². The van der Waals surface area contributed by atoms with E-state index < -0.39 is 81.1 Å². The molecule has 0 radical (unpaired) electrons. The van der Waals surface area contributed by atoms with Crippen molar-refractivity contribution < 1.29 is 76.9 Å². The summed E-state index contributed by atoms with van der Waals surface area (Å²) in [5, 5.41) is 40.2. The molecule has 0 bridgehead atoms. The van der Waals surface area contributed by atoms with Crippen molar-refractivity contribution in [1.29, 1.82) is 0 Å². The molecule has 0 spiro atoms. The number of ether oxygens (including phenoxy) is 7. The SMILES string of the molecule is CCCCCC/C=C\CCCCCCCCCC(=O)N[C@H]1[C@H](OCC[C@H]2O[C@H](OP(=O)(O)O)[C@H](NC(=O)CC(CCCCCCCCCCC)OC)[C@@H](OCCCCCCCCCC)[C@@H]2O)O[C@H](CCO)[C@@H](O)[C@@H]1OCCC(CCCCCCC)OC. The highest BCUT2D eigenvalue weighted by Crippen LogP contribution is 2.42. The number of rotatable bonds is 59. The largest absolute Gasteiger partial charge is 0.472 e. The fourth-order valence-corrected chi connectivity index (χ4v) is 12.5. The van der Waals surface area contributed by atoms with Crippen LogP contribution in [-0.2, 0) is 51.8 Å². The van der Waals surface area contributed by atoms with Crippen LogP contribution in [0, 0.1) is 0 Å². The molecule has 0 aromatic rings. The molecule has 0 aromatic carbocycles. The smallest absolute Gasteiger partial charge is 0.396 e. The first-order chi connectivity index (χ1) is 42.3. The van der Waals surface area contributed by atoms with Crippen molar-refractivity contribution in [2.24, 2.45) is 0 Å². The van der Waals surface area contributed by atoms with Gasteiger partial charge >= 0.3 is 7.82 Å². The highest BCUT2D eigenvalue weighted by molar-refractivity contribution is 7.46. The van der Waals surface area contributed by atoms with Crippen LogP contribution in [0.15, 0.2) is 12.2 Å². The van der Waals surface area contributed by atoms with E-state index in [1.807, 2.05) is 0 Å². The van der Waals surface area contributed by atoms with Crippen molar-refractivity contribution in [3.05, 3.63) is 12.2 Å². The molecule has 514 valence electrons. The maximum atomic E-state index is 13.9. The Morgan fingerprint density at radius 3 is 1.40 bits per heavy atom. The van der Waals surface area contributed by atoms with Crippen molar-refractivity contribution in [1.82, 2.24) is 10.6 Å². The van der Waals surface area contributed by atoms with Gasteiger partial charge in [0, 0.05) is 40.5 Å². The lowest BCUT2D eigenvalue weighted by molar-refractivity contribution is -0.281. The van der Waals surface area contributed by atoms with Gasteiger partial charge in [0.1, 0.15) is 36.5 Å². The predicted molar refractivity (Wildman–Crippen MR) is 346 cm³/mol. The lowest BCUT2D eigenvalue weighted by atomic mass is 9.93. The Morgan fingerprint density at radius 2 is 0.897 bits per heavy atom. The second-order valence-electron chi connectivity index (χ2n) is 25.0. The number of nitrogens with one attached hydrogen (secondary N) is 2. The normalized spacial score (nSPS) is 23.3. The summed E-state index contributed by atoms with van der Waals surface area (Å²) in [5.41, 5.74) is 0. The molecule has 2 aliphatic heterocycles. The number of unbranched alkanes of at least 4 members (excludes halogenated alkanes) is 30. The quantitative estimate of drug-likeness (QED) is 0.0170. The second kappa shape index (κ2) is 53.9. The van der Waals surface area contributed by atoms with Crippen LogP contribution in [-0.4, -0.2) is 151 Å². The third-order valence-corrected chi connectivity index (χ3v) is 17.9. The van der Waals surface area contributed by atoms with Gasteiger partial charge in [-0.05, 0) is 70.6 Å². The van der Waals surface area contributed by atoms with E-state index in [4.69, 9.17) is 37.7 Å². The van der Waals surface area contributed by atoms with Crippen LogP contribution in [0.5, 0.6) is 0 Å². The summed E-state index contributed by atoms with van der Waals surface area (Å²) in [7, 11) is -2.00. The van der Waals surface area contributed by atoms with Gasteiger partial charge in [0.15, 0.2) is 12.6 Å². The van der Waals surface area contributed by atoms with Gasteiger partial charge in [0.05, 0.1) is 37.4 Å². The number of hydrogen-bond donors (Lipinski definition) is 7. The molecule has 7 N–H and O–H groups in total. The first-order valence-electron chi connectivity index (χ1n) is 35.4. The maximum Gasteiger partial charge on any atom is 0.472 e. The number of hydrogen-bond acceptors (Lipinski definition) is 14. The van der Waals surface area contributed by atoms with E-state index in [1.165, 1.54) is 109 Å². The lowest BCUT2D eigenvalue weighted by Crippen LogP contribution is -2.65. The van der Waals surface area contributed by atoms with E-state index in [9.17, 15) is 39.3 Å². The highest BCUT2D eigenvalue weighted by atomic mass is 31.2. The summed E-state index contributed by atoms with van der Waals surface area (Å²) in [6.45, 7) is 8.76. The minimum absolute atomic E-state index is 0.0373. The number of amides is 2. The molecule has 2 saturated heterocycles. The number of aliphatic hydroxyl groups excluding tert-OH is 3. The fraction of sp³-hybridized carbons (Fsp3) is 0.941. The molecule has 2 rings (SSSR count). The standard InChI is InChI=1S/C68H131N2O16P/c1-7-11-15-19-22-25-26-27-28-29-30-32-34-38-42-46-59(72)69-61-65(82-52-48-55(79-5)44-40-36-18-14-10-4)63(74)57(47-50-71)84-67(61)83-53-49-58-64(75)66(81-51-43-39-35-24-21-17-13-9-3)62(68(85-58)86-87(76,77)78)70-60(73)54-56(80-6)45-41-37-33-31-23-20-16-12-8-2/h25-26,55-58,61-68,71,74-75H,7-24,27-54H2,1-6H3,(H,69,72)(H,70,73)(H2,76,77,78)/b26-25-/t55?,56?,57-,58-,61-,62-,63-,64-,65-,66-,67-,68-/m1/s1. The number of aliphatic hydroxyl groups is 3. The predicted octanol–water partition coefficient (Wildman–Crippen LogP) is 14.1. The average Bonchev–Trinajstić information content (AvgIpc) is 1.24. The van der Waals surface area contributed by atoms with E-state index in [-0.39, 0.29) is 64.1 Å². The van der Waals surface area contributed by atoms with Gasteiger partial charge in [-0.25, -0.2) is 4.57 Å². The molecule has 0 saturated carbocycles. The topological polar surface area (TPSA) is 250 Å². The summed E-state index contributed by atoms with van der Waals surface area (Å²) < 4.78 is 61.5. The van der Waals surface area contributed by atoms with Crippen molar-refractivity contribution in [2.45, 2.75) is 371 Å². The van der Waals surface area contributed by atoms with Gasteiger partial charge in [-0.2, -0.15) is 0 Å². The Balaban J connectivity index is 2.30. The van der Waals surface area contributed by atoms with Crippen molar-refractivity contribution in [2.75, 3.05) is 40.6 Å². The second-order valence-corrected chi connectivity index (χ2v) is 26.2. The van der Waals surface area contributed by atoms with E-state index in [1.54, 1.807) is 14.2 Å². The highest BCUT2D eigenvalue weighted by Gasteiger charge is 2.50. The number of carbonyl (C=O) groups excluding carboxylic acids is 2. The summed E-state index contributed by atoms with van der Waals surface area (Å²) in [5.74, 6) is -0.729. The Morgan fingerprint density at radius 1 is 0.483 bits per heavy atom. The summed E-state index contributed by atoms with van der Waals surface area (Å²) in [6, 6.07) is -2.32. The zero-order valence-electron chi connectivity index (χ0n) is 55.8. The van der Waals surface area contributed by atoms with E-state index >= 15 is 0 Å². The number of allylic oxidation sites excluding steroid dienone is 2. The van der Waals surface area contributed by atoms with Gasteiger partial charge in [-0.15, -0.1) is 0 Å². The van der Waals surface area contributed by atoms with Crippen LogP contribution in [0.25, 0.3) is 0 Å². The molecule has 2 fully saturated rings. The number of phosphoric ester groups is 1. The van der Waals surface area contributed by atoms with Gasteiger partial charge in [0.25, 0.3) is 0 Å². The van der Waals surface area contributed by atoms with Crippen LogP contribution >= 0.6 is 7.82 Å². The Kier molecular flexibility index (Phi) is 50.4. The molecule has 0 aliphatic carbocycles. The molecular weight excluding hydrogens is 1130 g/mol. The number of carbonyl (C=O) groups is 2. The van der Waals surface area contributed by atoms with Gasteiger partial charge in [-0.1, -0.05) is 226 Å². The molecule has 0 aromatic heterocycles. The molecule has 2 aliphatic rings. The first-order valence-corrected chi connectivity index (χ1v) is 37.0. The molecule has 2 amide bonds. The summed E-state index contributed by atoms with van der Waals surface area (Å²) in [4.78, 5) is 48.3. The zero-order valence-corrected chi connectivity index (χ0v) is 56.7. The van der Waals surface area contributed by atoms with E-state index in [0.29, 0.717) is 25.7 Å². The van der Waals surface area contributed by atoms with Crippen LogP contribution in [0.4, 0.5) is 0 Å². The summed E-state index contributed by atoms with van der Waals surface area (Å²) in [6.07, 6.45) is 35.5. The third-order valence-electron chi connectivity index (χ3n) is 17.4. The third kappa shape index (κ3) is 39.5. The number of phosphoric acid groups is 1. The molecule has 19 heteroatoms. The van der Waals surface area contributed by atoms with Crippen LogP contribution in [0.2, 0.25) is 0 Å². The van der Waals surface area contributed by atoms with E-state index in [0.717, 1.165) is 109 Å². The zero-order chi connectivity index (χ0) is 63.6. The molecule has 2 unspecified atom stereocenters. The van der Waals surface area contributed by atoms with Gasteiger partial charge in [0.2, 0.25) is 11.8 Å². The maximum absolute atomic E-state index is 13.9. The van der Waals surface area contributed by atoms with Crippen LogP contribution < -0.4 is 10.6 Å². The molecule has 18 nitrogen and oxygen atoms in total.